The molecule has 25 heavy (non-hydrogen) atoms. The van der Waals surface area contributed by atoms with Gasteiger partial charge in [0.15, 0.2) is 0 Å². The van der Waals surface area contributed by atoms with Gasteiger partial charge in [0, 0.05) is 31.4 Å². The van der Waals surface area contributed by atoms with Gasteiger partial charge in [-0.25, -0.2) is 4.68 Å². The van der Waals surface area contributed by atoms with Gasteiger partial charge in [-0.15, -0.1) is 0 Å². The summed E-state index contributed by atoms with van der Waals surface area (Å²) in [6.07, 6.45) is 0.730. The molecule has 0 saturated carbocycles. The summed E-state index contributed by atoms with van der Waals surface area (Å²) in [5.74, 6) is 0.487. The minimum absolute atomic E-state index is 0.114. The molecule has 1 amide bonds. The quantitative estimate of drug-likeness (QED) is 0.696. The molecular weight excluding hydrogens is 322 g/mol. The monoisotopic (exact) mass is 345 g/mol. The lowest BCUT2D eigenvalue weighted by Crippen LogP contribution is -2.34. The molecule has 2 aromatic rings. The van der Waals surface area contributed by atoms with Gasteiger partial charge in [-0.2, -0.15) is 5.10 Å². The van der Waals surface area contributed by atoms with Crippen LogP contribution < -0.4 is 15.6 Å². The summed E-state index contributed by atoms with van der Waals surface area (Å²) in [6.45, 7) is 3.57. The van der Waals surface area contributed by atoms with Crippen LogP contribution in [0, 0.1) is 0 Å². The largest absolute Gasteiger partial charge is 0.497 e. The number of hydrogen-bond donors (Lipinski definition) is 1. The van der Waals surface area contributed by atoms with E-state index < -0.39 is 0 Å². The van der Waals surface area contributed by atoms with Crippen molar-refractivity contribution in [3.05, 3.63) is 46.8 Å². The van der Waals surface area contributed by atoms with Gasteiger partial charge in [0.05, 0.1) is 12.8 Å². The summed E-state index contributed by atoms with van der Waals surface area (Å²) in [7, 11) is 1.60. The molecule has 0 aliphatic rings. The molecule has 0 spiro atoms. The number of nitrogens with zero attached hydrogens (tertiary/aromatic N) is 2. The van der Waals surface area contributed by atoms with Gasteiger partial charge in [0.25, 0.3) is 5.56 Å². The van der Waals surface area contributed by atoms with Crippen molar-refractivity contribution in [2.75, 3.05) is 26.9 Å². The first kappa shape index (κ1) is 18.7. The molecule has 0 radical (unpaired) electrons. The first-order valence-electron chi connectivity index (χ1n) is 8.21. The summed E-state index contributed by atoms with van der Waals surface area (Å²) in [6, 6.07) is 10.4. The van der Waals surface area contributed by atoms with Crippen molar-refractivity contribution in [1.29, 1.82) is 0 Å². The maximum absolute atomic E-state index is 12.0. The van der Waals surface area contributed by atoms with E-state index in [2.05, 4.69) is 10.4 Å². The van der Waals surface area contributed by atoms with Crippen LogP contribution >= 0.6 is 0 Å². The molecule has 0 aliphatic heterocycles. The Morgan fingerprint density at radius 2 is 1.96 bits per heavy atom. The third-order valence-electron chi connectivity index (χ3n) is 3.54. The SMILES string of the molecule is CCOCCCNC(=O)Cn1nc(-c2ccc(OC)cc2)ccc1=O. The van der Waals surface area contributed by atoms with E-state index in [4.69, 9.17) is 9.47 Å². The number of nitrogens with one attached hydrogen (secondary N) is 1. The van der Waals surface area contributed by atoms with Gasteiger partial charge >= 0.3 is 0 Å². The topological polar surface area (TPSA) is 82.4 Å². The zero-order valence-corrected chi connectivity index (χ0v) is 14.5. The fourth-order valence-corrected chi connectivity index (χ4v) is 2.22. The van der Waals surface area contributed by atoms with Crippen molar-refractivity contribution < 1.29 is 14.3 Å². The number of carbonyl (C=O) groups excluding carboxylic acids is 1. The molecule has 134 valence electrons. The summed E-state index contributed by atoms with van der Waals surface area (Å²) in [5.41, 5.74) is 1.14. The minimum atomic E-state index is -0.318. The number of benzene rings is 1. The van der Waals surface area contributed by atoms with E-state index in [1.54, 1.807) is 13.2 Å². The smallest absolute Gasteiger partial charge is 0.267 e. The van der Waals surface area contributed by atoms with Crippen LogP contribution in [0.5, 0.6) is 5.75 Å². The van der Waals surface area contributed by atoms with Crippen LogP contribution in [-0.2, 0) is 16.1 Å². The molecular formula is C18H23N3O4. The Morgan fingerprint density at radius 1 is 1.20 bits per heavy atom. The molecule has 1 aromatic carbocycles. The summed E-state index contributed by atoms with van der Waals surface area (Å²) >= 11 is 0. The standard InChI is InChI=1S/C18H23N3O4/c1-3-25-12-4-11-19-17(22)13-21-18(23)10-9-16(20-21)14-5-7-15(24-2)8-6-14/h5-10H,3-4,11-13H2,1-2H3,(H,19,22). The number of hydrogen-bond acceptors (Lipinski definition) is 5. The second-order valence-electron chi connectivity index (χ2n) is 5.34. The number of amides is 1. The van der Waals surface area contributed by atoms with E-state index in [-0.39, 0.29) is 18.0 Å². The van der Waals surface area contributed by atoms with Gasteiger partial charge < -0.3 is 14.8 Å². The Balaban J connectivity index is 2.00. The number of methoxy groups -OCH3 is 1. The number of carbonyl (C=O) groups is 1. The highest BCUT2D eigenvalue weighted by atomic mass is 16.5. The molecule has 0 fully saturated rings. The fraction of sp³-hybridized carbons (Fsp3) is 0.389. The molecule has 0 bridgehead atoms. The maximum atomic E-state index is 12.0. The highest BCUT2D eigenvalue weighted by molar-refractivity contribution is 5.75. The lowest BCUT2D eigenvalue weighted by molar-refractivity contribution is -0.121. The van der Waals surface area contributed by atoms with Crippen molar-refractivity contribution in [3.8, 4) is 17.0 Å². The van der Waals surface area contributed by atoms with Gasteiger partial charge in [0.1, 0.15) is 12.3 Å². The third-order valence-corrected chi connectivity index (χ3v) is 3.54. The first-order chi connectivity index (χ1) is 12.1. The van der Waals surface area contributed by atoms with Crippen molar-refractivity contribution in [3.63, 3.8) is 0 Å². The lowest BCUT2D eigenvalue weighted by atomic mass is 10.1. The van der Waals surface area contributed by atoms with Crippen molar-refractivity contribution >= 4 is 5.91 Å². The van der Waals surface area contributed by atoms with Crippen LogP contribution in [0.4, 0.5) is 0 Å². The molecule has 1 heterocycles. The Kier molecular flexibility index (Phi) is 7.16. The predicted octanol–water partition coefficient (Wildman–Crippen LogP) is 1.46. The van der Waals surface area contributed by atoms with Crippen molar-refractivity contribution in [1.82, 2.24) is 15.1 Å². The Hall–Kier alpha value is -2.67. The molecule has 7 nitrogen and oxygen atoms in total. The van der Waals surface area contributed by atoms with E-state index in [0.717, 1.165) is 22.4 Å². The number of ether oxygens (including phenoxy) is 2. The molecule has 1 N–H and O–H groups in total. The van der Waals surface area contributed by atoms with Crippen LogP contribution in [0.1, 0.15) is 13.3 Å². The number of rotatable bonds is 9. The second kappa shape index (κ2) is 9.58. The molecule has 2 rings (SSSR count). The van der Waals surface area contributed by atoms with Crippen LogP contribution in [-0.4, -0.2) is 42.6 Å². The highest BCUT2D eigenvalue weighted by Gasteiger charge is 2.08. The van der Waals surface area contributed by atoms with Crippen molar-refractivity contribution in [2.24, 2.45) is 0 Å². The van der Waals surface area contributed by atoms with E-state index >= 15 is 0 Å². The average molecular weight is 345 g/mol. The van der Waals surface area contributed by atoms with Gasteiger partial charge in [-0.05, 0) is 43.7 Å². The van der Waals surface area contributed by atoms with Gasteiger partial charge in [0.2, 0.25) is 5.91 Å². The maximum Gasteiger partial charge on any atom is 0.267 e. The lowest BCUT2D eigenvalue weighted by Gasteiger charge is -2.09. The Morgan fingerprint density at radius 3 is 2.64 bits per heavy atom. The second-order valence-corrected chi connectivity index (χ2v) is 5.34. The molecule has 0 saturated heterocycles. The van der Waals surface area contributed by atoms with Crippen LogP contribution in [0.15, 0.2) is 41.2 Å². The van der Waals surface area contributed by atoms with Gasteiger partial charge in [-0.1, -0.05) is 0 Å². The minimum Gasteiger partial charge on any atom is -0.497 e. The normalized spacial score (nSPS) is 10.5. The Labute approximate surface area is 146 Å². The fourth-order valence-electron chi connectivity index (χ4n) is 2.22. The van der Waals surface area contributed by atoms with E-state index in [0.29, 0.717) is 25.5 Å². The summed E-state index contributed by atoms with van der Waals surface area (Å²) < 4.78 is 11.5. The van der Waals surface area contributed by atoms with Crippen LogP contribution in [0.2, 0.25) is 0 Å². The zero-order valence-electron chi connectivity index (χ0n) is 14.5. The van der Waals surface area contributed by atoms with E-state index in [9.17, 15) is 9.59 Å². The molecule has 0 aliphatic carbocycles. The Bertz CT molecular complexity index is 741. The van der Waals surface area contributed by atoms with Crippen molar-refractivity contribution in [2.45, 2.75) is 19.9 Å². The zero-order chi connectivity index (χ0) is 18.1. The summed E-state index contributed by atoms with van der Waals surface area (Å²) in [5, 5.41) is 7.03. The molecule has 0 atom stereocenters. The first-order valence-corrected chi connectivity index (χ1v) is 8.21. The number of aromatic nitrogens is 2. The van der Waals surface area contributed by atoms with E-state index in [1.165, 1.54) is 6.07 Å². The van der Waals surface area contributed by atoms with Gasteiger partial charge in [-0.3, -0.25) is 9.59 Å². The highest BCUT2D eigenvalue weighted by Crippen LogP contribution is 2.19. The van der Waals surface area contributed by atoms with Crippen LogP contribution in [0.3, 0.4) is 0 Å². The molecule has 0 unspecified atom stereocenters. The predicted molar refractivity (Wildman–Crippen MR) is 94.6 cm³/mol. The molecule has 7 heteroatoms. The average Bonchev–Trinajstić information content (AvgIpc) is 2.63. The van der Waals surface area contributed by atoms with E-state index in [1.807, 2.05) is 31.2 Å². The van der Waals surface area contributed by atoms with Crippen LogP contribution in [0.25, 0.3) is 11.3 Å². The third kappa shape index (κ3) is 5.72. The molecule has 1 aromatic heterocycles. The summed E-state index contributed by atoms with van der Waals surface area (Å²) in [4.78, 5) is 23.9.